The molecule has 108 valence electrons. The van der Waals surface area contributed by atoms with Gasteiger partial charge >= 0.3 is 0 Å². The highest BCUT2D eigenvalue weighted by Crippen LogP contribution is 2.26. The number of ether oxygens (including phenoxy) is 1. The topological polar surface area (TPSA) is 41.5 Å². The molecule has 20 heavy (non-hydrogen) atoms. The maximum Gasteiger partial charge on any atom is 0.119 e. The van der Waals surface area contributed by atoms with Crippen LogP contribution in [-0.2, 0) is 0 Å². The molecule has 2 atom stereocenters. The van der Waals surface area contributed by atoms with Crippen molar-refractivity contribution in [2.45, 2.75) is 19.1 Å². The zero-order valence-electron chi connectivity index (χ0n) is 11.3. The van der Waals surface area contributed by atoms with Crippen LogP contribution in [0, 0.1) is 0 Å². The lowest BCUT2D eigenvalue weighted by molar-refractivity contribution is 0.104. The molecular formula is C15H18ClNO2S. The Morgan fingerprint density at radius 2 is 2.00 bits per heavy atom. The first-order chi connectivity index (χ1) is 9.65. The summed E-state index contributed by atoms with van der Waals surface area (Å²) in [4.78, 5) is 1.16. The molecular weight excluding hydrogens is 294 g/mol. The van der Waals surface area contributed by atoms with Crippen molar-refractivity contribution >= 4 is 22.9 Å². The van der Waals surface area contributed by atoms with Gasteiger partial charge in [-0.15, -0.1) is 11.3 Å². The molecule has 0 fully saturated rings. The normalized spacial score (nSPS) is 13.9. The van der Waals surface area contributed by atoms with Crippen molar-refractivity contribution in [3.05, 3.63) is 51.7 Å². The molecule has 0 aliphatic rings. The summed E-state index contributed by atoms with van der Waals surface area (Å²) in [5.74, 6) is 0.768. The third kappa shape index (κ3) is 4.80. The molecule has 0 radical (unpaired) electrons. The summed E-state index contributed by atoms with van der Waals surface area (Å²) in [6.07, 6.45) is -0.548. The fourth-order valence-electron chi connectivity index (χ4n) is 1.74. The molecule has 0 saturated heterocycles. The predicted molar refractivity (Wildman–Crippen MR) is 83.7 cm³/mol. The second-order valence-electron chi connectivity index (χ2n) is 4.55. The zero-order chi connectivity index (χ0) is 14.4. The molecule has 5 heteroatoms. The minimum atomic E-state index is -0.548. The van der Waals surface area contributed by atoms with E-state index in [9.17, 15) is 5.11 Å². The van der Waals surface area contributed by atoms with Crippen LogP contribution in [0.5, 0.6) is 5.75 Å². The minimum Gasteiger partial charge on any atom is -0.491 e. The smallest absolute Gasteiger partial charge is 0.119 e. The molecule has 1 aromatic carbocycles. The molecule has 0 aliphatic heterocycles. The Balaban J connectivity index is 1.71. The van der Waals surface area contributed by atoms with Gasteiger partial charge in [0.2, 0.25) is 0 Å². The van der Waals surface area contributed by atoms with E-state index >= 15 is 0 Å². The van der Waals surface area contributed by atoms with Crippen LogP contribution in [0.2, 0.25) is 4.34 Å². The number of thiophene rings is 1. The molecule has 3 nitrogen and oxygen atoms in total. The average molecular weight is 312 g/mol. The van der Waals surface area contributed by atoms with E-state index < -0.39 is 6.10 Å². The van der Waals surface area contributed by atoms with Crippen LogP contribution in [0.4, 0.5) is 0 Å². The van der Waals surface area contributed by atoms with E-state index in [1.54, 1.807) is 11.3 Å². The second-order valence-corrected chi connectivity index (χ2v) is 6.30. The second kappa shape index (κ2) is 7.64. The first-order valence-electron chi connectivity index (χ1n) is 6.49. The standard InChI is InChI=1S/C15H18ClNO2S/c1-11(14-7-8-15(16)20-14)17-9-12(18)10-19-13-5-3-2-4-6-13/h2-8,11-12,17-18H,9-10H2,1H3. The number of para-hydroxylation sites is 1. The first-order valence-corrected chi connectivity index (χ1v) is 7.69. The molecule has 2 aromatic rings. The first kappa shape index (κ1) is 15.3. The van der Waals surface area contributed by atoms with Crippen molar-refractivity contribution in [1.29, 1.82) is 0 Å². The molecule has 0 saturated carbocycles. The summed E-state index contributed by atoms with van der Waals surface area (Å²) in [6, 6.07) is 13.5. The van der Waals surface area contributed by atoms with Gasteiger partial charge < -0.3 is 15.2 Å². The number of benzene rings is 1. The lowest BCUT2D eigenvalue weighted by Crippen LogP contribution is -2.32. The molecule has 1 heterocycles. The average Bonchev–Trinajstić information content (AvgIpc) is 2.90. The Morgan fingerprint density at radius 1 is 1.25 bits per heavy atom. The highest BCUT2D eigenvalue weighted by molar-refractivity contribution is 7.16. The number of halogens is 1. The minimum absolute atomic E-state index is 0.166. The van der Waals surface area contributed by atoms with Crippen molar-refractivity contribution in [3.63, 3.8) is 0 Å². The van der Waals surface area contributed by atoms with Crippen LogP contribution in [0.25, 0.3) is 0 Å². The van der Waals surface area contributed by atoms with Crippen LogP contribution in [0.1, 0.15) is 17.8 Å². The van der Waals surface area contributed by atoms with E-state index in [-0.39, 0.29) is 12.6 Å². The van der Waals surface area contributed by atoms with E-state index in [2.05, 4.69) is 5.32 Å². The Labute approximate surface area is 128 Å². The quantitative estimate of drug-likeness (QED) is 0.822. The summed E-state index contributed by atoms with van der Waals surface area (Å²) >= 11 is 7.45. The largest absolute Gasteiger partial charge is 0.491 e. The fraction of sp³-hybridized carbons (Fsp3) is 0.333. The van der Waals surface area contributed by atoms with Crippen LogP contribution in [0.3, 0.4) is 0 Å². The van der Waals surface area contributed by atoms with Crippen molar-refractivity contribution < 1.29 is 9.84 Å². The van der Waals surface area contributed by atoms with Gasteiger partial charge in [0, 0.05) is 17.5 Å². The molecule has 0 aliphatic carbocycles. The van der Waals surface area contributed by atoms with Crippen LogP contribution in [-0.4, -0.2) is 24.4 Å². The maximum atomic E-state index is 9.90. The highest BCUT2D eigenvalue weighted by atomic mass is 35.5. The van der Waals surface area contributed by atoms with Crippen molar-refractivity contribution in [2.75, 3.05) is 13.2 Å². The molecule has 2 rings (SSSR count). The van der Waals surface area contributed by atoms with E-state index in [1.165, 1.54) is 0 Å². The summed E-state index contributed by atoms with van der Waals surface area (Å²) in [7, 11) is 0. The van der Waals surface area contributed by atoms with E-state index in [0.29, 0.717) is 6.54 Å². The summed E-state index contributed by atoms with van der Waals surface area (Å²) < 4.78 is 6.28. The number of aliphatic hydroxyl groups is 1. The van der Waals surface area contributed by atoms with Gasteiger partial charge in [-0.25, -0.2) is 0 Å². The number of nitrogens with one attached hydrogen (secondary N) is 1. The van der Waals surface area contributed by atoms with Gasteiger partial charge in [0.05, 0.1) is 4.34 Å². The van der Waals surface area contributed by atoms with Crippen LogP contribution < -0.4 is 10.1 Å². The Hall–Kier alpha value is -1.07. The molecule has 0 amide bonds. The van der Waals surface area contributed by atoms with Gasteiger partial charge in [-0.1, -0.05) is 29.8 Å². The molecule has 0 spiro atoms. The monoisotopic (exact) mass is 311 g/mol. The number of hydrogen-bond acceptors (Lipinski definition) is 4. The van der Waals surface area contributed by atoms with Gasteiger partial charge in [-0.05, 0) is 31.2 Å². The zero-order valence-corrected chi connectivity index (χ0v) is 12.8. The van der Waals surface area contributed by atoms with Gasteiger partial charge in [0.25, 0.3) is 0 Å². The highest BCUT2D eigenvalue weighted by Gasteiger charge is 2.11. The number of rotatable bonds is 7. The lowest BCUT2D eigenvalue weighted by Gasteiger charge is -2.16. The summed E-state index contributed by atoms with van der Waals surface area (Å²) in [6.45, 7) is 2.80. The predicted octanol–water partition coefficient (Wildman–Crippen LogP) is 3.49. The van der Waals surface area contributed by atoms with Gasteiger partial charge in [-0.2, -0.15) is 0 Å². The van der Waals surface area contributed by atoms with Crippen molar-refractivity contribution in [3.8, 4) is 5.75 Å². The molecule has 1 aromatic heterocycles. The fourth-order valence-corrected chi connectivity index (χ4v) is 2.83. The third-order valence-electron chi connectivity index (χ3n) is 2.87. The summed E-state index contributed by atoms with van der Waals surface area (Å²) in [5.41, 5.74) is 0. The molecule has 2 unspecified atom stereocenters. The Morgan fingerprint density at radius 3 is 2.65 bits per heavy atom. The van der Waals surface area contributed by atoms with Gasteiger partial charge in [0.15, 0.2) is 0 Å². The molecule has 2 N–H and O–H groups in total. The van der Waals surface area contributed by atoms with Gasteiger partial charge in [-0.3, -0.25) is 0 Å². The van der Waals surface area contributed by atoms with Crippen molar-refractivity contribution in [2.24, 2.45) is 0 Å². The van der Waals surface area contributed by atoms with E-state index in [0.717, 1.165) is 15.0 Å². The Bertz CT molecular complexity index is 518. The van der Waals surface area contributed by atoms with Gasteiger partial charge in [0.1, 0.15) is 18.5 Å². The van der Waals surface area contributed by atoms with Crippen LogP contribution in [0.15, 0.2) is 42.5 Å². The number of hydrogen-bond donors (Lipinski definition) is 2. The molecule has 0 bridgehead atoms. The third-order valence-corrected chi connectivity index (χ3v) is 4.28. The van der Waals surface area contributed by atoms with E-state index in [4.69, 9.17) is 16.3 Å². The summed E-state index contributed by atoms with van der Waals surface area (Å²) in [5, 5.41) is 13.2. The van der Waals surface area contributed by atoms with Crippen LogP contribution >= 0.6 is 22.9 Å². The SMILES string of the molecule is CC(NCC(O)COc1ccccc1)c1ccc(Cl)s1. The Kier molecular flexibility index (Phi) is 5.86. The van der Waals surface area contributed by atoms with E-state index in [1.807, 2.05) is 49.4 Å². The number of aliphatic hydroxyl groups excluding tert-OH is 1. The lowest BCUT2D eigenvalue weighted by atomic mass is 10.2. The van der Waals surface area contributed by atoms with Crippen molar-refractivity contribution in [1.82, 2.24) is 5.32 Å². The maximum absolute atomic E-state index is 9.90.